The van der Waals surface area contributed by atoms with Gasteiger partial charge in [-0.1, -0.05) is 0 Å². The Bertz CT molecular complexity index is 389. The van der Waals surface area contributed by atoms with Crippen LogP contribution in [0.25, 0.3) is 10.8 Å². The maximum Gasteiger partial charge on any atom is 0.0592 e. The summed E-state index contributed by atoms with van der Waals surface area (Å²) in [7, 11) is 2.02. The van der Waals surface area contributed by atoms with Crippen LogP contribution in [0.15, 0.2) is 18.6 Å². The molecule has 2 rings (SSSR count). The highest BCUT2D eigenvalue weighted by atomic mass is 15.1. The Morgan fingerprint density at radius 3 is 2.73 bits per heavy atom. The molecular weight excluding hydrogens is 138 g/mol. The van der Waals surface area contributed by atoms with E-state index in [1.807, 2.05) is 7.05 Å². The number of nitrogens with zero attached hydrogens (tertiary/aromatic N) is 3. The summed E-state index contributed by atoms with van der Waals surface area (Å²) < 4.78 is 2.08. The van der Waals surface area contributed by atoms with E-state index in [9.17, 15) is 0 Å². The molecule has 0 aliphatic rings. The van der Waals surface area contributed by atoms with Gasteiger partial charge in [-0.3, -0.25) is 0 Å². The van der Waals surface area contributed by atoms with Gasteiger partial charge in [0.1, 0.15) is 0 Å². The van der Waals surface area contributed by atoms with Crippen molar-refractivity contribution in [1.82, 2.24) is 14.8 Å². The first-order valence-corrected chi connectivity index (χ1v) is 3.51. The lowest BCUT2D eigenvalue weighted by molar-refractivity contribution is 0.889. The van der Waals surface area contributed by atoms with Crippen molar-refractivity contribution in [3.63, 3.8) is 0 Å². The SMILES string of the molecule is Cc1c2cnncc2cn1C. The van der Waals surface area contributed by atoms with E-state index in [0.717, 1.165) is 5.39 Å². The van der Waals surface area contributed by atoms with Crippen molar-refractivity contribution in [2.45, 2.75) is 6.92 Å². The molecule has 0 atom stereocenters. The van der Waals surface area contributed by atoms with Gasteiger partial charge in [0.05, 0.1) is 12.4 Å². The lowest BCUT2D eigenvalue weighted by Crippen LogP contribution is -1.86. The van der Waals surface area contributed by atoms with Gasteiger partial charge in [-0.2, -0.15) is 10.2 Å². The maximum atomic E-state index is 3.82. The average Bonchev–Trinajstić information content (AvgIpc) is 2.30. The lowest BCUT2D eigenvalue weighted by Gasteiger charge is -1.92. The molecule has 11 heavy (non-hydrogen) atoms. The van der Waals surface area contributed by atoms with Crippen molar-refractivity contribution >= 4 is 10.8 Å². The third-order valence-electron chi connectivity index (χ3n) is 2.01. The van der Waals surface area contributed by atoms with Crippen molar-refractivity contribution in [3.8, 4) is 0 Å². The summed E-state index contributed by atoms with van der Waals surface area (Å²) in [4.78, 5) is 0. The number of rotatable bonds is 0. The van der Waals surface area contributed by atoms with Gasteiger partial charge in [-0.05, 0) is 6.92 Å². The van der Waals surface area contributed by atoms with Crippen molar-refractivity contribution in [3.05, 3.63) is 24.3 Å². The highest BCUT2D eigenvalue weighted by Gasteiger charge is 2.00. The molecule has 0 aromatic carbocycles. The second-order valence-electron chi connectivity index (χ2n) is 2.68. The monoisotopic (exact) mass is 147 g/mol. The van der Waals surface area contributed by atoms with E-state index in [-0.39, 0.29) is 0 Å². The van der Waals surface area contributed by atoms with Gasteiger partial charge in [0, 0.05) is 29.7 Å². The summed E-state index contributed by atoms with van der Waals surface area (Å²) >= 11 is 0. The second kappa shape index (κ2) is 2.05. The van der Waals surface area contributed by atoms with Gasteiger partial charge in [-0.25, -0.2) is 0 Å². The van der Waals surface area contributed by atoms with E-state index in [1.54, 1.807) is 12.4 Å². The summed E-state index contributed by atoms with van der Waals surface area (Å²) in [5, 5.41) is 9.96. The summed E-state index contributed by atoms with van der Waals surface area (Å²) in [6, 6.07) is 0. The number of fused-ring (bicyclic) bond motifs is 1. The van der Waals surface area contributed by atoms with Crippen LogP contribution in [0.4, 0.5) is 0 Å². The third kappa shape index (κ3) is 0.808. The molecule has 56 valence electrons. The Morgan fingerprint density at radius 2 is 2.00 bits per heavy atom. The Labute approximate surface area is 64.7 Å². The fourth-order valence-corrected chi connectivity index (χ4v) is 1.23. The highest BCUT2D eigenvalue weighted by Crippen LogP contribution is 2.16. The van der Waals surface area contributed by atoms with Crippen molar-refractivity contribution < 1.29 is 0 Å². The number of hydrogen-bond donors (Lipinski definition) is 0. The van der Waals surface area contributed by atoms with Gasteiger partial charge in [0.25, 0.3) is 0 Å². The first kappa shape index (κ1) is 6.34. The second-order valence-corrected chi connectivity index (χ2v) is 2.68. The Morgan fingerprint density at radius 1 is 1.27 bits per heavy atom. The first-order chi connectivity index (χ1) is 5.29. The van der Waals surface area contributed by atoms with Crippen LogP contribution in [0.1, 0.15) is 5.69 Å². The van der Waals surface area contributed by atoms with Crippen molar-refractivity contribution in [2.75, 3.05) is 0 Å². The predicted molar refractivity (Wildman–Crippen MR) is 43.2 cm³/mol. The number of hydrogen-bond acceptors (Lipinski definition) is 2. The normalized spacial score (nSPS) is 10.7. The molecule has 0 N–H and O–H groups in total. The number of aromatic nitrogens is 3. The smallest absolute Gasteiger partial charge is 0.0592 e. The van der Waals surface area contributed by atoms with E-state index in [1.165, 1.54) is 11.1 Å². The number of aryl methyl sites for hydroxylation is 2. The summed E-state index contributed by atoms with van der Waals surface area (Å²) in [6.07, 6.45) is 5.63. The molecule has 3 nitrogen and oxygen atoms in total. The average molecular weight is 147 g/mol. The molecule has 2 heterocycles. The topological polar surface area (TPSA) is 30.7 Å². The van der Waals surface area contributed by atoms with E-state index in [0.29, 0.717) is 0 Å². The first-order valence-electron chi connectivity index (χ1n) is 3.51. The zero-order valence-corrected chi connectivity index (χ0v) is 6.57. The van der Waals surface area contributed by atoms with Crippen LogP contribution in [0, 0.1) is 6.92 Å². The van der Waals surface area contributed by atoms with E-state index in [2.05, 4.69) is 27.9 Å². The molecule has 0 spiro atoms. The predicted octanol–water partition coefficient (Wildman–Crippen LogP) is 1.28. The van der Waals surface area contributed by atoms with Gasteiger partial charge < -0.3 is 4.57 Å². The molecule has 0 fully saturated rings. The molecule has 0 radical (unpaired) electrons. The summed E-state index contributed by atoms with van der Waals surface area (Å²) in [5.41, 5.74) is 1.23. The van der Waals surface area contributed by atoms with E-state index < -0.39 is 0 Å². The molecule has 0 amide bonds. The maximum absolute atomic E-state index is 3.82. The quantitative estimate of drug-likeness (QED) is 0.562. The van der Waals surface area contributed by atoms with Crippen LogP contribution < -0.4 is 0 Å². The fourth-order valence-electron chi connectivity index (χ4n) is 1.23. The molecule has 0 aliphatic carbocycles. The van der Waals surface area contributed by atoms with Crippen LogP contribution >= 0.6 is 0 Å². The van der Waals surface area contributed by atoms with Gasteiger partial charge >= 0.3 is 0 Å². The summed E-state index contributed by atoms with van der Waals surface area (Å²) in [6.45, 7) is 2.07. The Kier molecular flexibility index (Phi) is 1.18. The van der Waals surface area contributed by atoms with Crippen LogP contribution in [0.2, 0.25) is 0 Å². The standard InChI is InChI=1S/C8H9N3/c1-6-8-4-10-9-3-7(8)5-11(6)2/h3-5H,1-2H3. The van der Waals surface area contributed by atoms with Gasteiger partial charge in [0.2, 0.25) is 0 Å². The molecule has 0 bridgehead atoms. The molecule has 2 aromatic rings. The fraction of sp³-hybridized carbons (Fsp3) is 0.250. The summed E-state index contributed by atoms with van der Waals surface area (Å²) in [5.74, 6) is 0. The largest absolute Gasteiger partial charge is 0.353 e. The minimum Gasteiger partial charge on any atom is -0.353 e. The van der Waals surface area contributed by atoms with E-state index >= 15 is 0 Å². The minimum absolute atomic E-state index is 1.15. The van der Waals surface area contributed by atoms with Crippen LogP contribution in [-0.4, -0.2) is 14.8 Å². The molecule has 0 saturated heterocycles. The zero-order valence-electron chi connectivity index (χ0n) is 6.57. The van der Waals surface area contributed by atoms with E-state index in [4.69, 9.17) is 0 Å². The molecule has 0 saturated carbocycles. The minimum atomic E-state index is 1.15. The molecule has 3 heteroatoms. The van der Waals surface area contributed by atoms with Gasteiger partial charge in [0.15, 0.2) is 0 Å². The zero-order chi connectivity index (χ0) is 7.84. The molecule has 0 unspecified atom stereocenters. The molecule has 2 aromatic heterocycles. The lowest BCUT2D eigenvalue weighted by atomic mass is 10.3. The van der Waals surface area contributed by atoms with Crippen molar-refractivity contribution in [1.29, 1.82) is 0 Å². The molecule has 0 aliphatic heterocycles. The van der Waals surface area contributed by atoms with Crippen molar-refractivity contribution in [2.24, 2.45) is 7.05 Å². The third-order valence-corrected chi connectivity index (χ3v) is 2.01. The van der Waals surface area contributed by atoms with Gasteiger partial charge in [-0.15, -0.1) is 0 Å². The van der Waals surface area contributed by atoms with Crippen LogP contribution in [-0.2, 0) is 7.05 Å². The molecular formula is C8H9N3. The highest BCUT2D eigenvalue weighted by molar-refractivity contribution is 5.83. The Hall–Kier alpha value is -1.38. The van der Waals surface area contributed by atoms with Crippen LogP contribution in [0.3, 0.4) is 0 Å². The Balaban J connectivity index is 2.92. The van der Waals surface area contributed by atoms with Crippen LogP contribution in [0.5, 0.6) is 0 Å².